The summed E-state index contributed by atoms with van der Waals surface area (Å²) in [5.41, 5.74) is 5.17. The van der Waals surface area contributed by atoms with Crippen LogP contribution in [-0.4, -0.2) is 9.97 Å². The van der Waals surface area contributed by atoms with E-state index in [1.807, 2.05) is 55.5 Å². The first-order valence-corrected chi connectivity index (χ1v) is 10.6. The van der Waals surface area contributed by atoms with Crippen LogP contribution in [0.1, 0.15) is 17.0 Å². The van der Waals surface area contributed by atoms with Crippen LogP contribution in [0.3, 0.4) is 0 Å². The van der Waals surface area contributed by atoms with E-state index in [2.05, 4.69) is 17.1 Å². The van der Waals surface area contributed by atoms with Crippen LogP contribution in [-0.2, 0) is 6.42 Å². The van der Waals surface area contributed by atoms with Gasteiger partial charge in [0.25, 0.3) is 0 Å². The average Bonchev–Trinajstić information content (AvgIpc) is 3.22. The molecule has 5 aromatic rings. The first-order valence-electron chi connectivity index (χ1n) is 10.6. The Kier molecular flexibility index (Phi) is 5.68. The van der Waals surface area contributed by atoms with Crippen molar-refractivity contribution in [3.63, 3.8) is 0 Å². The van der Waals surface area contributed by atoms with Crippen molar-refractivity contribution in [1.29, 1.82) is 0 Å². The van der Waals surface area contributed by atoms with Gasteiger partial charge in [0.05, 0.1) is 5.69 Å². The third-order valence-corrected chi connectivity index (χ3v) is 5.38. The third kappa shape index (κ3) is 4.83. The van der Waals surface area contributed by atoms with Crippen molar-refractivity contribution in [3.05, 3.63) is 120 Å². The van der Waals surface area contributed by atoms with Gasteiger partial charge in [0.1, 0.15) is 23.1 Å². The molecule has 3 aromatic carbocycles. The van der Waals surface area contributed by atoms with E-state index in [-0.39, 0.29) is 5.82 Å². The maximum atomic E-state index is 13.0. The van der Waals surface area contributed by atoms with Crippen molar-refractivity contribution in [2.45, 2.75) is 13.3 Å². The largest absolute Gasteiger partial charge is 0.457 e. The summed E-state index contributed by atoms with van der Waals surface area (Å²) in [6.07, 6.45) is 4.23. The van der Waals surface area contributed by atoms with E-state index in [1.165, 1.54) is 12.1 Å². The predicted molar refractivity (Wildman–Crippen MR) is 126 cm³/mol. The second-order valence-electron chi connectivity index (χ2n) is 7.71. The van der Waals surface area contributed by atoms with Crippen molar-refractivity contribution >= 4 is 0 Å². The maximum Gasteiger partial charge on any atom is 0.226 e. The molecule has 0 unspecified atom stereocenters. The third-order valence-electron chi connectivity index (χ3n) is 5.38. The topological polar surface area (TPSA) is 48.2 Å². The van der Waals surface area contributed by atoms with Gasteiger partial charge in [-0.15, -0.1) is 0 Å². The highest BCUT2D eigenvalue weighted by atomic mass is 19.1. The van der Waals surface area contributed by atoms with Crippen molar-refractivity contribution in [3.8, 4) is 34.1 Å². The molecule has 0 radical (unpaired) electrons. The molecule has 2 heterocycles. The highest BCUT2D eigenvalue weighted by Crippen LogP contribution is 2.27. The van der Waals surface area contributed by atoms with Crippen LogP contribution in [0.4, 0.5) is 4.39 Å². The number of nitrogens with zero attached hydrogens (tertiary/aromatic N) is 2. The van der Waals surface area contributed by atoms with Gasteiger partial charge in [0.15, 0.2) is 0 Å². The minimum Gasteiger partial charge on any atom is -0.457 e. The van der Waals surface area contributed by atoms with Gasteiger partial charge in [0.2, 0.25) is 5.89 Å². The Balaban J connectivity index is 1.28. The standard InChI is InChI=1S/C28H21FN2O2/c1-19-27(18-20-2-10-25(11-3-20)33-26-12-8-24(29)9-13-26)31-28(32-19)23-6-4-21(5-7-23)22-14-16-30-17-15-22/h2-17H,18H2,1H3. The SMILES string of the molecule is Cc1oc(-c2ccc(-c3ccncc3)cc2)nc1Cc1ccc(Oc2ccc(F)cc2)cc1. The second-order valence-corrected chi connectivity index (χ2v) is 7.71. The van der Waals surface area contributed by atoms with Gasteiger partial charge in [0, 0.05) is 24.4 Å². The molecule has 0 aliphatic heterocycles. The van der Waals surface area contributed by atoms with E-state index in [0.29, 0.717) is 23.8 Å². The van der Waals surface area contributed by atoms with Gasteiger partial charge in [-0.2, -0.15) is 0 Å². The lowest BCUT2D eigenvalue weighted by Crippen LogP contribution is -1.92. The van der Waals surface area contributed by atoms with E-state index in [0.717, 1.165) is 33.7 Å². The Morgan fingerprint density at radius 1 is 0.727 bits per heavy atom. The molecule has 33 heavy (non-hydrogen) atoms. The van der Waals surface area contributed by atoms with E-state index in [1.54, 1.807) is 24.5 Å². The zero-order valence-electron chi connectivity index (χ0n) is 18.0. The molecule has 0 aliphatic rings. The average molecular weight is 436 g/mol. The first kappa shape index (κ1) is 20.6. The first-order chi connectivity index (χ1) is 16.1. The number of hydrogen-bond donors (Lipinski definition) is 0. The fraction of sp³-hybridized carbons (Fsp3) is 0.0714. The number of aromatic nitrogens is 2. The number of rotatable bonds is 6. The summed E-state index contributed by atoms with van der Waals surface area (Å²) in [5.74, 6) is 2.41. The molecule has 0 aliphatic carbocycles. The molecule has 162 valence electrons. The van der Waals surface area contributed by atoms with Crippen molar-refractivity contribution < 1.29 is 13.5 Å². The number of pyridine rings is 1. The number of aryl methyl sites for hydroxylation is 1. The van der Waals surface area contributed by atoms with Crippen LogP contribution in [0.5, 0.6) is 11.5 Å². The summed E-state index contributed by atoms with van der Waals surface area (Å²) in [7, 11) is 0. The molecular weight excluding hydrogens is 415 g/mol. The molecule has 0 spiro atoms. The smallest absolute Gasteiger partial charge is 0.226 e. The number of oxazole rings is 1. The van der Waals surface area contributed by atoms with E-state index in [9.17, 15) is 4.39 Å². The fourth-order valence-corrected chi connectivity index (χ4v) is 3.57. The summed E-state index contributed by atoms with van der Waals surface area (Å²) in [5, 5.41) is 0. The molecule has 2 aromatic heterocycles. The van der Waals surface area contributed by atoms with Gasteiger partial charge in [-0.3, -0.25) is 4.98 Å². The number of halogens is 1. The van der Waals surface area contributed by atoms with Gasteiger partial charge in [-0.1, -0.05) is 24.3 Å². The van der Waals surface area contributed by atoms with Crippen LogP contribution >= 0.6 is 0 Å². The summed E-state index contributed by atoms with van der Waals surface area (Å²) in [4.78, 5) is 8.80. The molecule has 0 saturated carbocycles. The molecule has 0 N–H and O–H groups in total. The van der Waals surface area contributed by atoms with Gasteiger partial charge in [-0.25, -0.2) is 9.37 Å². The Labute approximate surface area is 191 Å². The second kappa shape index (κ2) is 9.09. The summed E-state index contributed by atoms with van der Waals surface area (Å²) >= 11 is 0. The Hall–Kier alpha value is -4.25. The molecule has 5 heteroatoms. The fourth-order valence-electron chi connectivity index (χ4n) is 3.57. The molecule has 0 bridgehead atoms. The summed E-state index contributed by atoms with van der Waals surface area (Å²) < 4.78 is 24.8. The van der Waals surface area contributed by atoms with Gasteiger partial charge in [-0.05, 0) is 84.3 Å². The van der Waals surface area contributed by atoms with Crippen molar-refractivity contribution in [2.75, 3.05) is 0 Å². The maximum absolute atomic E-state index is 13.0. The van der Waals surface area contributed by atoms with Crippen LogP contribution in [0.15, 0.2) is 102 Å². The van der Waals surface area contributed by atoms with Crippen molar-refractivity contribution in [1.82, 2.24) is 9.97 Å². The normalized spacial score (nSPS) is 10.8. The molecule has 5 rings (SSSR count). The molecular formula is C28H21FN2O2. The molecule has 0 fully saturated rings. The minimum atomic E-state index is -0.287. The van der Waals surface area contributed by atoms with Crippen LogP contribution in [0.2, 0.25) is 0 Å². The quantitative estimate of drug-likeness (QED) is 0.282. The number of hydrogen-bond acceptors (Lipinski definition) is 4. The Morgan fingerprint density at radius 3 is 1.97 bits per heavy atom. The van der Waals surface area contributed by atoms with Crippen LogP contribution in [0, 0.1) is 12.7 Å². The number of benzene rings is 3. The monoisotopic (exact) mass is 436 g/mol. The van der Waals surface area contributed by atoms with E-state index >= 15 is 0 Å². The molecule has 0 atom stereocenters. The number of ether oxygens (including phenoxy) is 1. The Bertz CT molecular complexity index is 1340. The minimum absolute atomic E-state index is 0.287. The van der Waals surface area contributed by atoms with Crippen molar-refractivity contribution in [2.24, 2.45) is 0 Å². The molecule has 4 nitrogen and oxygen atoms in total. The summed E-state index contributed by atoms with van der Waals surface area (Å²) in [6.45, 7) is 1.93. The van der Waals surface area contributed by atoms with Gasteiger partial charge >= 0.3 is 0 Å². The zero-order chi connectivity index (χ0) is 22.6. The predicted octanol–water partition coefficient (Wildman–Crippen LogP) is 7.23. The van der Waals surface area contributed by atoms with Gasteiger partial charge < -0.3 is 9.15 Å². The molecule has 0 saturated heterocycles. The van der Waals surface area contributed by atoms with Crippen LogP contribution in [0.25, 0.3) is 22.6 Å². The lowest BCUT2D eigenvalue weighted by atomic mass is 10.1. The lowest BCUT2D eigenvalue weighted by molar-refractivity contribution is 0.480. The highest BCUT2D eigenvalue weighted by molar-refractivity contribution is 5.67. The van der Waals surface area contributed by atoms with E-state index < -0.39 is 0 Å². The lowest BCUT2D eigenvalue weighted by Gasteiger charge is -2.06. The highest BCUT2D eigenvalue weighted by Gasteiger charge is 2.12. The molecule has 0 amide bonds. The van der Waals surface area contributed by atoms with E-state index in [4.69, 9.17) is 14.1 Å². The summed E-state index contributed by atoms with van der Waals surface area (Å²) in [6, 6.07) is 25.9. The Morgan fingerprint density at radius 2 is 1.30 bits per heavy atom. The zero-order valence-corrected chi connectivity index (χ0v) is 18.0. The van der Waals surface area contributed by atoms with Crippen LogP contribution < -0.4 is 4.74 Å².